The lowest BCUT2D eigenvalue weighted by molar-refractivity contribution is -0.135. The van der Waals surface area contributed by atoms with Gasteiger partial charge in [-0.2, -0.15) is 4.98 Å². The van der Waals surface area contributed by atoms with Crippen LogP contribution in [0.25, 0.3) is 0 Å². The van der Waals surface area contributed by atoms with E-state index >= 15 is 0 Å². The maximum absolute atomic E-state index is 12.9. The summed E-state index contributed by atoms with van der Waals surface area (Å²) in [6.07, 6.45) is 6.53. The lowest BCUT2D eigenvalue weighted by atomic mass is 9.83. The summed E-state index contributed by atoms with van der Waals surface area (Å²) in [7, 11) is 3.33. The number of anilines is 3. The minimum Gasteiger partial charge on any atom is -0.488 e. The van der Waals surface area contributed by atoms with Crippen LogP contribution < -0.4 is 20.7 Å². The van der Waals surface area contributed by atoms with Crippen LogP contribution in [0.2, 0.25) is 5.02 Å². The SMILES string of the molecule is CN/C=C(/Nc1nc(Nc2cc(C)c(C3CCN(C)C(C(=O)N(C)C)C3)cc2OC2CC2)ncc1Cl)C(=N)S(=O)(=O)C(C)C. The molecule has 0 radical (unpaired) electrons. The quantitative estimate of drug-likeness (QED) is 0.206. The highest BCUT2D eigenvalue weighted by Crippen LogP contribution is 2.41. The molecule has 1 saturated carbocycles. The van der Waals surface area contributed by atoms with E-state index in [1.54, 1.807) is 26.0 Å². The summed E-state index contributed by atoms with van der Waals surface area (Å²) in [5.74, 6) is 1.33. The summed E-state index contributed by atoms with van der Waals surface area (Å²) >= 11 is 6.39. The van der Waals surface area contributed by atoms with Crippen molar-refractivity contribution in [2.24, 2.45) is 0 Å². The Balaban J connectivity index is 1.63. The molecule has 2 fully saturated rings. The first kappa shape index (κ1) is 33.5. The van der Waals surface area contributed by atoms with E-state index in [0.717, 1.165) is 43.4 Å². The number of carbonyl (C=O) groups excluding carboxylic acids is 1. The number of rotatable bonds is 11. The molecular weight excluding hydrogens is 604 g/mol. The Labute approximate surface area is 265 Å². The number of benzene rings is 1. The lowest BCUT2D eigenvalue weighted by Crippen LogP contribution is -2.48. The van der Waals surface area contributed by atoms with E-state index in [0.29, 0.717) is 11.4 Å². The molecule has 1 saturated heterocycles. The van der Waals surface area contributed by atoms with Crippen LogP contribution in [0.15, 0.2) is 30.2 Å². The molecule has 1 aromatic carbocycles. The zero-order valence-corrected chi connectivity index (χ0v) is 27.9. The fraction of sp³-hybridized carbons (Fsp3) is 0.533. The first-order chi connectivity index (χ1) is 20.7. The van der Waals surface area contributed by atoms with Crippen LogP contribution in [0.5, 0.6) is 5.75 Å². The minimum atomic E-state index is -3.87. The predicted molar refractivity (Wildman–Crippen MR) is 175 cm³/mol. The lowest BCUT2D eigenvalue weighted by Gasteiger charge is -2.38. The summed E-state index contributed by atoms with van der Waals surface area (Å²) in [6, 6.07) is 3.90. The molecule has 1 aromatic heterocycles. The third kappa shape index (κ3) is 7.62. The molecule has 2 unspecified atom stereocenters. The Morgan fingerprint density at radius 3 is 2.57 bits per heavy atom. The fourth-order valence-corrected chi connectivity index (χ4v) is 6.14. The number of sulfone groups is 1. The number of nitrogens with one attached hydrogen (secondary N) is 4. The highest BCUT2D eigenvalue weighted by Gasteiger charge is 2.34. The Morgan fingerprint density at radius 2 is 1.95 bits per heavy atom. The largest absolute Gasteiger partial charge is 0.488 e. The Hall–Kier alpha value is -3.42. The molecule has 44 heavy (non-hydrogen) atoms. The molecular formula is C30H43ClN8O4S. The Morgan fingerprint density at radius 1 is 1.25 bits per heavy atom. The van der Waals surface area contributed by atoms with Gasteiger partial charge in [0.15, 0.2) is 20.7 Å². The van der Waals surface area contributed by atoms with Gasteiger partial charge in [-0.15, -0.1) is 0 Å². The van der Waals surface area contributed by atoms with Gasteiger partial charge >= 0.3 is 0 Å². The third-order valence-corrected chi connectivity index (χ3v) is 10.2. The average Bonchev–Trinajstić information content (AvgIpc) is 3.79. The fourth-order valence-electron chi connectivity index (χ4n) is 5.11. The van der Waals surface area contributed by atoms with Gasteiger partial charge in [-0.1, -0.05) is 11.6 Å². The molecule has 1 aliphatic carbocycles. The van der Waals surface area contributed by atoms with Gasteiger partial charge in [-0.3, -0.25) is 15.1 Å². The highest BCUT2D eigenvalue weighted by atomic mass is 35.5. The van der Waals surface area contributed by atoms with E-state index < -0.39 is 20.1 Å². The zero-order chi connectivity index (χ0) is 32.3. The second kappa shape index (κ2) is 13.7. The van der Waals surface area contributed by atoms with Crippen LogP contribution in [0, 0.1) is 12.3 Å². The number of piperidine rings is 1. The van der Waals surface area contributed by atoms with Crippen LogP contribution in [0.3, 0.4) is 0 Å². The van der Waals surface area contributed by atoms with Gasteiger partial charge in [-0.25, -0.2) is 13.4 Å². The highest BCUT2D eigenvalue weighted by molar-refractivity contribution is 8.07. The minimum absolute atomic E-state index is 0.00474. The molecule has 12 nitrogen and oxygen atoms in total. The molecule has 14 heteroatoms. The number of aromatic nitrogens is 2. The molecule has 2 atom stereocenters. The first-order valence-corrected chi connectivity index (χ1v) is 16.6. The predicted octanol–water partition coefficient (Wildman–Crippen LogP) is 4.26. The van der Waals surface area contributed by atoms with Crippen LogP contribution in [0.1, 0.15) is 56.6 Å². The van der Waals surface area contributed by atoms with E-state index in [1.807, 2.05) is 20.0 Å². The van der Waals surface area contributed by atoms with Gasteiger partial charge in [0, 0.05) is 27.3 Å². The normalized spacial score (nSPS) is 19.4. The van der Waals surface area contributed by atoms with Gasteiger partial charge < -0.3 is 25.6 Å². The summed E-state index contributed by atoms with van der Waals surface area (Å²) < 4.78 is 31.7. The van der Waals surface area contributed by atoms with Gasteiger partial charge in [0.05, 0.1) is 35.0 Å². The molecule has 2 aromatic rings. The summed E-state index contributed by atoms with van der Waals surface area (Å²) in [4.78, 5) is 25.5. The van der Waals surface area contributed by atoms with Crippen LogP contribution in [-0.2, 0) is 14.6 Å². The smallest absolute Gasteiger partial charge is 0.239 e. The molecule has 1 aliphatic heterocycles. The van der Waals surface area contributed by atoms with Crippen molar-refractivity contribution in [3.63, 3.8) is 0 Å². The summed E-state index contributed by atoms with van der Waals surface area (Å²) in [6.45, 7) is 5.91. The van der Waals surface area contributed by atoms with Crippen LogP contribution in [0.4, 0.5) is 17.5 Å². The molecule has 2 heterocycles. The molecule has 0 bridgehead atoms. The Kier molecular flexibility index (Phi) is 10.4. The number of hydrogen-bond donors (Lipinski definition) is 4. The van der Waals surface area contributed by atoms with Crippen molar-refractivity contribution < 1.29 is 17.9 Å². The third-order valence-electron chi connectivity index (χ3n) is 7.90. The van der Waals surface area contributed by atoms with Gasteiger partial charge in [0.25, 0.3) is 0 Å². The second-order valence-electron chi connectivity index (χ2n) is 11.9. The van der Waals surface area contributed by atoms with E-state index in [1.165, 1.54) is 26.2 Å². The standard InChI is InChI=1S/C30H43ClN8O4S/c1-17(2)44(41,42)27(32)24(16-33-4)35-28-22(31)15-34-30(37-28)36-23-12-18(3)21(14-26(23)43-20-8-9-20)19-10-11-39(7)25(13-19)29(40)38(5)6/h12,14-17,19-20,25,32-33H,8-11,13H2,1-7H3,(H2,34,35,36,37)/b24-16+,32-27?. The van der Waals surface area contributed by atoms with Crippen molar-refractivity contribution in [1.29, 1.82) is 5.41 Å². The average molecular weight is 647 g/mol. The number of nitrogens with zero attached hydrogens (tertiary/aromatic N) is 4. The number of likely N-dealkylation sites (N-methyl/N-ethyl adjacent to an activating group) is 2. The van der Waals surface area contributed by atoms with Gasteiger partial charge in [0.1, 0.15) is 10.8 Å². The van der Waals surface area contributed by atoms with E-state index in [2.05, 4.69) is 36.9 Å². The molecule has 0 spiro atoms. The van der Waals surface area contributed by atoms with Crippen molar-refractivity contribution in [2.45, 2.75) is 69.8 Å². The monoisotopic (exact) mass is 646 g/mol. The molecule has 4 rings (SSSR count). The van der Waals surface area contributed by atoms with Gasteiger partial charge in [-0.05, 0) is 89.2 Å². The first-order valence-electron chi connectivity index (χ1n) is 14.7. The van der Waals surface area contributed by atoms with E-state index in [4.69, 9.17) is 21.7 Å². The molecule has 1 amide bonds. The van der Waals surface area contributed by atoms with Crippen molar-refractivity contribution in [1.82, 2.24) is 25.1 Å². The van der Waals surface area contributed by atoms with Crippen LogP contribution >= 0.6 is 11.6 Å². The number of hydrogen-bond acceptors (Lipinski definition) is 11. The number of halogens is 1. The zero-order valence-electron chi connectivity index (χ0n) is 26.4. The summed E-state index contributed by atoms with van der Waals surface area (Å²) in [5.41, 5.74) is 2.89. The topological polar surface area (TPSA) is 153 Å². The van der Waals surface area contributed by atoms with E-state index in [-0.39, 0.29) is 46.5 Å². The van der Waals surface area contributed by atoms with E-state index in [9.17, 15) is 13.2 Å². The maximum Gasteiger partial charge on any atom is 0.239 e. The number of carbonyl (C=O) groups is 1. The van der Waals surface area contributed by atoms with Crippen molar-refractivity contribution >= 4 is 49.8 Å². The molecule has 4 N–H and O–H groups in total. The number of likely N-dealkylation sites (tertiary alicyclic amines) is 1. The Bertz CT molecular complexity index is 1540. The molecule has 2 aliphatic rings. The summed E-state index contributed by atoms with van der Waals surface area (Å²) in [5, 5.41) is 16.0. The van der Waals surface area contributed by atoms with Crippen molar-refractivity contribution in [2.75, 3.05) is 45.4 Å². The number of aryl methyl sites for hydroxylation is 1. The number of ether oxygens (including phenoxy) is 1. The van der Waals surface area contributed by atoms with Crippen molar-refractivity contribution in [3.05, 3.63) is 46.4 Å². The maximum atomic E-state index is 12.9. The molecule has 240 valence electrons. The second-order valence-corrected chi connectivity index (χ2v) is 14.7. The van der Waals surface area contributed by atoms with Crippen molar-refractivity contribution in [3.8, 4) is 5.75 Å². The van der Waals surface area contributed by atoms with Crippen LogP contribution in [-0.4, -0.2) is 91.3 Å². The number of amides is 1. The van der Waals surface area contributed by atoms with Gasteiger partial charge in [0.2, 0.25) is 11.9 Å².